The SMILES string of the molecule is Cc1cc(Br)cnc1-n1cnc(C#N)c1C#N. The molecule has 0 aliphatic rings. The van der Waals surface area contributed by atoms with Crippen LogP contribution in [0.5, 0.6) is 0 Å². The lowest BCUT2D eigenvalue weighted by Gasteiger charge is -2.06. The molecule has 0 N–H and O–H groups in total. The third-order valence-corrected chi connectivity index (χ3v) is 2.66. The van der Waals surface area contributed by atoms with E-state index in [1.165, 1.54) is 10.9 Å². The van der Waals surface area contributed by atoms with Crippen LogP contribution >= 0.6 is 15.9 Å². The highest BCUT2D eigenvalue weighted by Gasteiger charge is 2.13. The van der Waals surface area contributed by atoms with Crippen LogP contribution in [-0.4, -0.2) is 14.5 Å². The second-order valence-corrected chi connectivity index (χ2v) is 4.25. The van der Waals surface area contributed by atoms with Crippen LogP contribution in [0.1, 0.15) is 17.0 Å². The van der Waals surface area contributed by atoms with Crippen LogP contribution in [0.25, 0.3) is 5.82 Å². The number of aryl methyl sites for hydroxylation is 1. The Morgan fingerprint density at radius 3 is 2.65 bits per heavy atom. The van der Waals surface area contributed by atoms with Crippen molar-refractivity contribution in [1.82, 2.24) is 14.5 Å². The van der Waals surface area contributed by atoms with Gasteiger partial charge in [0.05, 0.1) is 0 Å². The number of pyridine rings is 1. The molecule has 0 aliphatic heterocycles. The van der Waals surface area contributed by atoms with Gasteiger partial charge in [0.1, 0.15) is 24.3 Å². The van der Waals surface area contributed by atoms with Crippen molar-refractivity contribution in [3.05, 3.63) is 40.0 Å². The van der Waals surface area contributed by atoms with E-state index < -0.39 is 0 Å². The summed E-state index contributed by atoms with van der Waals surface area (Å²) in [5.74, 6) is 0.596. The van der Waals surface area contributed by atoms with Crippen LogP contribution in [0.4, 0.5) is 0 Å². The molecule has 17 heavy (non-hydrogen) atoms. The number of nitriles is 2. The molecule has 2 rings (SSSR count). The first kappa shape index (κ1) is 11.3. The Labute approximate surface area is 106 Å². The molecule has 0 aliphatic carbocycles. The minimum absolute atomic E-state index is 0.108. The molecule has 0 fully saturated rings. The monoisotopic (exact) mass is 287 g/mol. The van der Waals surface area contributed by atoms with Gasteiger partial charge in [-0.2, -0.15) is 10.5 Å². The molecule has 0 unspecified atom stereocenters. The Hall–Kier alpha value is -2.18. The number of hydrogen-bond donors (Lipinski definition) is 0. The van der Waals surface area contributed by atoms with Crippen molar-refractivity contribution in [3.8, 4) is 18.0 Å². The minimum Gasteiger partial charge on any atom is -0.273 e. The van der Waals surface area contributed by atoms with E-state index in [0.29, 0.717) is 5.82 Å². The third-order valence-electron chi connectivity index (χ3n) is 2.22. The summed E-state index contributed by atoms with van der Waals surface area (Å²) in [6.45, 7) is 1.88. The number of nitrogens with zero attached hydrogens (tertiary/aromatic N) is 5. The Morgan fingerprint density at radius 2 is 2.06 bits per heavy atom. The van der Waals surface area contributed by atoms with Gasteiger partial charge in [-0.15, -0.1) is 0 Å². The molecule has 82 valence electrons. The van der Waals surface area contributed by atoms with Gasteiger partial charge < -0.3 is 0 Å². The molecule has 5 nitrogen and oxygen atoms in total. The maximum Gasteiger partial charge on any atom is 0.177 e. The van der Waals surface area contributed by atoms with Crippen LogP contribution in [0.3, 0.4) is 0 Å². The fourth-order valence-electron chi connectivity index (χ4n) is 1.48. The van der Waals surface area contributed by atoms with Crippen LogP contribution in [0.2, 0.25) is 0 Å². The molecule has 6 heteroatoms. The second kappa shape index (κ2) is 4.36. The average molecular weight is 288 g/mol. The average Bonchev–Trinajstić information content (AvgIpc) is 2.71. The van der Waals surface area contributed by atoms with Gasteiger partial charge in [-0.25, -0.2) is 9.97 Å². The quantitative estimate of drug-likeness (QED) is 0.804. The molecule has 0 radical (unpaired) electrons. The molecule has 0 bridgehead atoms. The molecule has 2 aromatic rings. The van der Waals surface area contributed by atoms with Gasteiger partial charge in [-0.3, -0.25) is 4.57 Å². The van der Waals surface area contributed by atoms with E-state index in [1.807, 2.05) is 25.1 Å². The standard InChI is InChI=1S/C11H6BrN5/c1-7-2-8(12)5-15-11(7)17-6-16-9(3-13)10(17)4-14/h2,5-6H,1H3. The number of hydrogen-bond acceptors (Lipinski definition) is 4. The van der Waals surface area contributed by atoms with Gasteiger partial charge in [0.15, 0.2) is 11.4 Å². The van der Waals surface area contributed by atoms with Crippen LogP contribution in [0, 0.1) is 29.6 Å². The predicted octanol–water partition coefficient (Wildman–Crippen LogP) is 2.08. The predicted molar refractivity (Wildman–Crippen MR) is 63.2 cm³/mol. The first-order valence-electron chi connectivity index (χ1n) is 4.67. The molecular weight excluding hydrogens is 282 g/mol. The number of halogens is 1. The number of rotatable bonds is 1. The van der Waals surface area contributed by atoms with Crippen molar-refractivity contribution in [2.45, 2.75) is 6.92 Å². The molecule has 0 atom stereocenters. The minimum atomic E-state index is 0.108. The molecule has 2 aromatic heterocycles. The van der Waals surface area contributed by atoms with Gasteiger partial charge in [0.2, 0.25) is 0 Å². The number of imidazole rings is 1. The van der Waals surface area contributed by atoms with E-state index in [4.69, 9.17) is 10.5 Å². The summed E-state index contributed by atoms with van der Waals surface area (Å²) in [7, 11) is 0. The van der Waals surface area contributed by atoms with Crippen molar-refractivity contribution in [2.75, 3.05) is 0 Å². The van der Waals surface area contributed by atoms with Crippen molar-refractivity contribution < 1.29 is 0 Å². The highest BCUT2D eigenvalue weighted by molar-refractivity contribution is 9.10. The normalized spacial score (nSPS) is 9.65. The summed E-state index contributed by atoms with van der Waals surface area (Å²) in [6.07, 6.45) is 3.07. The Morgan fingerprint density at radius 1 is 1.29 bits per heavy atom. The smallest absolute Gasteiger partial charge is 0.177 e. The molecule has 0 saturated heterocycles. The lowest BCUT2D eigenvalue weighted by atomic mass is 10.3. The van der Waals surface area contributed by atoms with E-state index >= 15 is 0 Å². The highest BCUT2D eigenvalue weighted by atomic mass is 79.9. The largest absolute Gasteiger partial charge is 0.273 e. The molecule has 2 heterocycles. The van der Waals surface area contributed by atoms with E-state index in [0.717, 1.165) is 10.0 Å². The summed E-state index contributed by atoms with van der Waals surface area (Å²) in [5.41, 5.74) is 1.19. The van der Waals surface area contributed by atoms with Crippen molar-refractivity contribution in [1.29, 1.82) is 10.5 Å². The summed E-state index contributed by atoms with van der Waals surface area (Å²) in [4.78, 5) is 8.09. The molecule has 0 aromatic carbocycles. The van der Waals surface area contributed by atoms with Crippen molar-refractivity contribution >= 4 is 15.9 Å². The zero-order valence-corrected chi connectivity index (χ0v) is 10.4. The van der Waals surface area contributed by atoms with Gasteiger partial charge >= 0.3 is 0 Å². The van der Waals surface area contributed by atoms with E-state index in [-0.39, 0.29) is 11.4 Å². The topological polar surface area (TPSA) is 78.3 Å². The van der Waals surface area contributed by atoms with Gasteiger partial charge in [0.25, 0.3) is 0 Å². The lowest BCUT2D eigenvalue weighted by Crippen LogP contribution is -2.02. The third kappa shape index (κ3) is 1.91. The maximum absolute atomic E-state index is 9.03. The van der Waals surface area contributed by atoms with Crippen molar-refractivity contribution in [3.63, 3.8) is 0 Å². The second-order valence-electron chi connectivity index (χ2n) is 3.33. The summed E-state index contributed by atoms with van der Waals surface area (Å²) in [5, 5.41) is 17.8. The van der Waals surface area contributed by atoms with Crippen LogP contribution in [0.15, 0.2) is 23.1 Å². The molecule has 0 saturated carbocycles. The highest BCUT2D eigenvalue weighted by Crippen LogP contribution is 2.18. The zero-order valence-electron chi connectivity index (χ0n) is 8.85. The van der Waals surface area contributed by atoms with E-state index in [9.17, 15) is 0 Å². The summed E-state index contributed by atoms with van der Waals surface area (Å²) < 4.78 is 2.37. The van der Waals surface area contributed by atoms with Gasteiger partial charge in [-0.05, 0) is 34.5 Å². The van der Waals surface area contributed by atoms with E-state index in [1.54, 1.807) is 6.20 Å². The first-order valence-corrected chi connectivity index (χ1v) is 5.46. The first-order chi connectivity index (χ1) is 8.17. The van der Waals surface area contributed by atoms with E-state index in [2.05, 4.69) is 25.9 Å². The fourth-order valence-corrected chi connectivity index (χ4v) is 1.93. The molecule has 0 amide bonds. The Kier molecular flexibility index (Phi) is 2.90. The fraction of sp³-hybridized carbons (Fsp3) is 0.0909. The summed E-state index contributed by atoms with van der Waals surface area (Å²) in [6, 6.07) is 5.72. The Balaban J connectivity index is 2.66. The zero-order chi connectivity index (χ0) is 12.4. The van der Waals surface area contributed by atoms with Gasteiger partial charge in [0, 0.05) is 10.7 Å². The molecule has 0 spiro atoms. The summed E-state index contributed by atoms with van der Waals surface area (Å²) >= 11 is 3.32. The Bertz CT molecular complexity index is 659. The molecular formula is C11H6BrN5. The van der Waals surface area contributed by atoms with Crippen LogP contribution in [-0.2, 0) is 0 Å². The van der Waals surface area contributed by atoms with Crippen molar-refractivity contribution in [2.24, 2.45) is 0 Å². The van der Waals surface area contributed by atoms with Gasteiger partial charge in [-0.1, -0.05) is 0 Å². The lowest BCUT2D eigenvalue weighted by molar-refractivity contribution is 0.957. The maximum atomic E-state index is 9.03. The van der Waals surface area contributed by atoms with Crippen LogP contribution < -0.4 is 0 Å². The number of aromatic nitrogens is 3.